The van der Waals surface area contributed by atoms with Gasteiger partial charge in [0, 0.05) is 6.42 Å². The average Bonchev–Trinajstić information content (AvgIpc) is 2.26. The Morgan fingerprint density at radius 1 is 1.50 bits per heavy atom. The van der Waals surface area contributed by atoms with Crippen molar-refractivity contribution in [2.75, 3.05) is 0 Å². The zero-order chi connectivity index (χ0) is 10.4. The fourth-order valence-electron chi connectivity index (χ4n) is 1.13. The average molecular weight is 190 g/mol. The molecule has 74 valence electrons. The standard InChI is InChI=1S/C12H14O2/c1-3-10-7-5-6-8-11(10)9-14-12(13)4-2/h3,5-8H,1,4,9H2,2H3. The smallest absolute Gasteiger partial charge is 0.305 e. The SMILES string of the molecule is C=Cc1ccccc1COC(=O)CC. The van der Waals surface area contributed by atoms with Crippen LogP contribution < -0.4 is 0 Å². The molecule has 0 N–H and O–H groups in total. The van der Waals surface area contributed by atoms with Crippen LogP contribution in [0.15, 0.2) is 30.8 Å². The van der Waals surface area contributed by atoms with Crippen LogP contribution in [0, 0.1) is 0 Å². The molecule has 0 saturated heterocycles. The van der Waals surface area contributed by atoms with Crippen molar-refractivity contribution in [2.45, 2.75) is 20.0 Å². The summed E-state index contributed by atoms with van der Waals surface area (Å²) >= 11 is 0. The van der Waals surface area contributed by atoms with Crippen molar-refractivity contribution in [3.8, 4) is 0 Å². The van der Waals surface area contributed by atoms with Gasteiger partial charge in [-0.15, -0.1) is 0 Å². The van der Waals surface area contributed by atoms with Gasteiger partial charge >= 0.3 is 5.97 Å². The van der Waals surface area contributed by atoms with E-state index in [1.807, 2.05) is 24.3 Å². The van der Waals surface area contributed by atoms with Crippen LogP contribution in [0.4, 0.5) is 0 Å². The summed E-state index contributed by atoms with van der Waals surface area (Å²) in [6, 6.07) is 7.73. The van der Waals surface area contributed by atoms with Gasteiger partial charge < -0.3 is 4.74 Å². The molecule has 0 aliphatic rings. The van der Waals surface area contributed by atoms with Crippen molar-refractivity contribution in [3.05, 3.63) is 42.0 Å². The number of benzene rings is 1. The zero-order valence-electron chi connectivity index (χ0n) is 8.32. The molecule has 0 atom stereocenters. The highest BCUT2D eigenvalue weighted by Gasteiger charge is 2.01. The molecular formula is C12H14O2. The first-order valence-electron chi connectivity index (χ1n) is 4.64. The van der Waals surface area contributed by atoms with E-state index in [0.29, 0.717) is 13.0 Å². The highest BCUT2D eigenvalue weighted by molar-refractivity contribution is 5.69. The number of hydrogen-bond acceptors (Lipinski definition) is 2. The van der Waals surface area contributed by atoms with Crippen LogP contribution in [-0.4, -0.2) is 5.97 Å². The number of carbonyl (C=O) groups is 1. The van der Waals surface area contributed by atoms with Crippen LogP contribution in [-0.2, 0) is 16.1 Å². The van der Waals surface area contributed by atoms with Crippen LogP contribution in [0.1, 0.15) is 24.5 Å². The Morgan fingerprint density at radius 3 is 2.86 bits per heavy atom. The van der Waals surface area contributed by atoms with Crippen molar-refractivity contribution in [1.82, 2.24) is 0 Å². The summed E-state index contributed by atoms with van der Waals surface area (Å²) in [5.41, 5.74) is 2.00. The molecule has 0 amide bonds. The van der Waals surface area contributed by atoms with Gasteiger partial charge in [0.25, 0.3) is 0 Å². The lowest BCUT2D eigenvalue weighted by molar-refractivity contribution is -0.144. The largest absolute Gasteiger partial charge is 0.461 e. The summed E-state index contributed by atoms with van der Waals surface area (Å²) in [7, 11) is 0. The predicted octanol–water partition coefficient (Wildman–Crippen LogP) is 2.78. The van der Waals surface area contributed by atoms with E-state index >= 15 is 0 Å². The molecule has 1 rings (SSSR count). The topological polar surface area (TPSA) is 26.3 Å². The van der Waals surface area contributed by atoms with Gasteiger partial charge in [0.2, 0.25) is 0 Å². The van der Waals surface area contributed by atoms with E-state index in [1.54, 1.807) is 13.0 Å². The van der Waals surface area contributed by atoms with Gasteiger partial charge in [-0.05, 0) is 11.1 Å². The van der Waals surface area contributed by atoms with E-state index in [9.17, 15) is 4.79 Å². The fourth-order valence-corrected chi connectivity index (χ4v) is 1.13. The van der Waals surface area contributed by atoms with Gasteiger partial charge in [-0.2, -0.15) is 0 Å². The number of rotatable bonds is 4. The normalized spacial score (nSPS) is 9.50. The molecule has 0 heterocycles. The Bertz CT molecular complexity index is 329. The number of ether oxygens (including phenoxy) is 1. The minimum absolute atomic E-state index is 0.177. The van der Waals surface area contributed by atoms with Crippen molar-refractivity contribution in [2.24, 2.45) is 0 Å². The Balaban J connectivity index is 2.66. The Labute approximate surface area is 84.2 Å². The van der Waals surface area contributed by atoms with Crippen molar-refractivity contribution < 1.29 is 9.53 Å². The van der Waals surface area contributed by atoms with Crippen LogP contribution in [0.2, 0.25) is 0 Å². The van der Waals surface area contributed by atoms with E-state index in [2.05, 4.69) is 6.58 Å². The summed E-state index contributed by atoms with van der Waals surface area (Å²) < 4.78 is 5.03. The second kappa shape index (κ2) is 5.22. The predicted molar refractivity (Wildman–Crippen MR) is 56.6 cm³/mol. The molecule has 0 radical (unpaired) electrons. The molecule has 0 bridgehead atoms. The van der Waals surface area contributed by atoms with E-state index < -0.39 is 0 Å². The lowest BCUT2D eigenvalue weighted by Gasteiger charge is -2.06. The van der Waals surface area contributed by atoms with Gasteiger partial charge in [-0.1, -0.05) is 43.8 Å². The molecule has 2 nitrogen and oxygen atoms in total. The van der Waals surface area contributed by atoms with Crippen molar-refractivity contribution in [3.63, 3.8) is 0 Å². The van der Waals surface area contributed by atoms with Gasteiger partial charge in [0.1, 0.15) is 6.61 Å². The molecule has 0 saturated carbocycles. The molecule has 14 heavy (non-hydrogen) atoms. The van der Waals surface area contributed by atoms with Gasteiger partial charge in [0.15, 0.2) is 0 Å². The lowest BCUT2D eigenvalue weighted by Crippen LogP contribution is -2.03. The Morgan fingerprint density at radius 2 is 2.21 bits per heavy atom. The number of hydrogen-bond donors (Lipinski definition) is 0. The molecule has 0 unspecified atom stereocenters. The lowest BCUT2D eigenvalue weighted by atomic mass is 10.1. The van der Waals surface area contributed by atoms with Crippen molar-refractivity contribution >= 4 is 12.0 Å². The van der Waals surface area contributed by atoms with Crippen LogP contribution in [0.3, 0.4) is 0 Å². The summed E-state index contributed by atoms with van der Waals surface area (Å²) in [4.78, 5) is 10.9. The summed E-state index contributed by atoms with van der Waals surface area (Å²) in [5.74, 6) is -0.177. The molecule has 0 aromatic heterocycles. The van der Waals surface area contributed by atoms with Crippen LogP contribution >= 0.6 is 0 Å². The summed E-state index contributed by atoms with van der Waals surface area (Å²) in [5, 5.41) is 0. The highest BCUT2D eigenvalue weighted by Crippen LogP contribution is 2.11. The highest BCUT2D eigenvalue weighted by atomic mass is 16.5. The summed E-state index contributed by atoms with van der Waals surface area (Å²) in [6.45, 7) is 5.81. The minimum Gasteiger partial charge on any atom is -0.461 e. The Hall–Kier alpha value is -1.57. The van der Waals surface area contributed by atoms with Crippen LogP contribution in [0.5, 0.6) is 0 Å². The quantitative estimate of drug-likeness (QED) is 0.682. The monoisotopic (exact) mass is 190 g/mol. The molecular weight excluding hydrogens is 176 g/mol. The van der Waals surface area contributed by atoms with E-state index in [-0.39, 0.29) is 5.97 Å². The minimum atomic E-state index is -0.177. The molecule has 0 fully saturated rings. The first-order valence-corrected chi connectivity index (χ1v) is 4.64. The van der Waals surface area contributed by atoms with Gasteiger partial charge in [0.05, 0.1) is 0 Å². The molecule has 2 heteroatoms. The first-order chi connectivity index (χ1) is 6.77. The molecule has 0 aliphatic heterocycles. The number of carbonyl (C=O) groups excluding carboxylic acids is 1. The maximum atomic E-state index is 10.9. The van der Waals surface area contributed by atoms with E-state index in [0.717, 1.165) is 11.1 Å². The first kappa shape index (κ1) is 10.5. The zero-order valence-corrected chi connectivity index (χ0v) is 8.32. The second-order valence-corrected chi connectivity index (χ2v) is 2.92. The molecule has 1 aromatic rings. The molecule has 1 aromatic carbocycles. The van der Waals surface area contributed by atoms with Crippen molar-refractivity contribution in [1.29, 1.82) is 0 Å². The maximum absolute atomic E-state index is 10.9. The third kappa shape index (κ3) is 2.73. The molecule has 0 aliphatic carbocycles. The van der Waals surface area contributed by atoms with Gasteiger partial charge in [-0.25, -0.2) is 0 Å². The summed E-state index contributed by atoms with van der Waals surface area (Å²) in [6.07, 6.45) is 2.17. The maximum Gasteiger partial charge on any atom is 0.305 e. The molecule has 0 spiro atoms. The fraction of sp³-hybridized carbons (Fsp3) is 0.250. The van der Waals surface area contributed by atoms with Crippen LogP contribution in [0.25, 0.3) is 6.08 Å². The second-order valence-electron chi connectivity index (χ2n) is 2.92. The third-order valence-corrected chi connectivity index (χ3v) is 1.95. The Kier molecular flexibility index (Phi) is 3.92. The van der Waals surface area contributed by atoms with E-state index in [1.165, 1.54) is 0 Å². The third-order valence-electron chi connectivity index (χ3n) is 1.95. The number of esters is 1. The van der Waals surface area contributed by atoms with E-state index in [4.69, 9.17) is 4.74 Å². The van der Waals surface area contributed by atoms with Gasteiger partial charge in [-0.3, -0.25) is 4.79 Å².